The van der Waals surface area contributed by atoms with E-state index in [1.807, 2.05) is 36.4 Å². The molecule has 3 heterocycles. The number of nitrogens with zero attached hydrogens (tertiary/aromatic N) is 3. The Kier molecular flexibility index (Phi) is 9.38. The molecule has 9 nitrogen and oxygen atoms in total. The number of aromatic carboxylic acids is 1. The molecule has 0 unspecified atom stereocenters. The fraction of sp³-hybridized carbons (Fsp3) is 0.250. The molecule has 0 spiro atoms. The molecule has 5 rings (SSSR count). The molecule has 1 aliphatic heterocycles. The van der Waals surface area contributed by atoms with Gasteiger partial charge in [0.05, 0.1) is 6.04 Å². The number of pyridine rings is 1. The molecule has 2 amide bonds. The second kappa shape index (κ2) is 13.5. The fourth-order valence-electron chi connectivity index (χ4n) is 5.30. The van der Waals surface area contributed by atoms with Crippen molar-refractivity contribution in [2.45, 2.75) is 13.0 Å². The van der Waals surface area contributed by atoms with Gasteiger partial charge in [-0.25, -0.2) is 4.79 Å². The lowest BCUT2D eigenvalue weighted by Crippen LogP contribution is -2.50. The van der Waals surface area contributed by atoms with Crippen molar-refractivity contribution in [1.29, 1.82) is 0 Å². The third kappa shape index (κ3) is 6.73. The average molecular weight is 585 g/mol. The Balaban J connectivity index is 1.14. The van der Waals surface area contributed by atoms with Gasteiger partial charge in [0.2, 0.25) is 5.91 Å². The number of carboxylic acid groups (broad SMARTS) is 1. The standard InChI is InChI=1S/C32H32N4O5S/c1-22-28(23-12-14-33-15-13-23)29(32(39)40)31(42-22)34-26(37)20-41-21-27(38)35-16-18-36(19-17-35)30(24-8-4-2-5-9-24)25-10-6-3-7-11-25/h2-15,30H,16-21H2,1H3,(H,34,37)(H,39,40). The van der Waals surface area contributed by atoms with Crippen molar-refractivity contribution in [3.05, 3.63) is 107 Å². The van der Waals surface area contributed by atoms with E-state index in [0.29, 0.717) is 37.3 Å². The van der Waals surface area contributed by atoms with Crippen molar-refractivity contribution in [2.24, 2.45) is 0 Å². The van der Waals surface area contributed by atoms with Crippen LogP contribution in [0.15, 0.2) is 85.2 Å². The predicted molar refractivity (Wildman–Crippen MR) is 162 cm³/mol. The van der Waals surface area contributed by atoms with Crippen LogP contribution in [0, 0.1) is 6.92 Å². The van der Waals surface area contributed by atoms with Crippen LogP contribution in [0.4, 0.5) is 5.00 Å². The average Bonchev–Trinajstić information content (AvgIpc) is 3.34. The monoisotopic (exact) mass is 584 g/mol. The van der Waals surface area contributed by atoms with E-state index >= 15 is 0 Å². The number of rotatable bonds is 10. The third-order valence-electron chi connectivity index (χ3n) is 7.24. The highest BCUT2D eigenvalue weighted by Gasteiger charge is 2.28. The smallest absolute Gasteiger partial charge is 0.339 e. The summed E-state index contributed by atoms with van der Waals surface area (Å²) >= 11 is 1.19. The van der Waals surface area contributed by atoms with Gasteiger partial charge in [0, 0.05) is 49.0 Å². The van der Waals surface area contributed by atoms with Crippen LogP contribution in [0.2, 0.25) is 0 Å². The molecule has 1 saturated heterocycles. The van der Waals surface area contributed by atoms with Crippen LogP contribution in [0.1, 0.15) is 32.4 Å². The highest BCUT2D eigenvalue weighted by Crippen LogP contribution is 2.39. The largest absolute Gasteiger partial charge is 0.478 e. The van der Waals surface area contributed by atoms with Crippen molar-refractivity contribution in [3.8, 4) is 11.1 Å². The van der Waals surface area contributed by atoms with Gasteiger partial charge in [0.1, 0.15) is 23.8 Å². The number of carboxylic acids is 1. The molecule has 0 bridgehead atoms. The summed E-state index contributed by atoms with van der Waals surface area (Å²) in [6.07, 6.45) is 3.18. The Bertz CT molecular complexity index is 1480. The number of piperazine rings is 1. The molecule has 1 aliphatic rings. The van der Waals surface area contributed by atoms with Crippen LogP contribution in [-0.2, 0) is 14.3 Å². The zero-order valence-corrected chi connectivity index (χ0v) is 24.0. The molecule has 2 aromatic carbocycles. The van der Waals surface area contributed by atoms with E-state index in [1.165, 1.54) is 22.5 Å². The van der Waals surface area contributed by atoms with E-state index in [2.05, 4.69) is 39.5 Å². The molecule has 10 heteroatoms. The SMILES string of the molecule is Cc1sc(NC(=O)COCC(=O)N2CCN(C(c3ccccc3)c3ccccc3)CC2)c(C(=O)O)c1-c1ccncc1. The van der Waals surface area contributed by atoms with E-state index in [4.69, 9.17) is 4.74 Å². The normalized spacial score (nSPS) is 13.7. The molecule has 0 radical (unpaired) electrons. The lowest BCUT2D eigenvalue weighted by Gasteiger charge is -2.39. The number of aromatic nitrogens is 1. The number of anilines is 1. The number of carbonyl (C=O) groups is 3. The summed E-state index contributed by atoms with van der Waals surface area (Å²) in [6.45, 7) is 3.73. The summed E-state index contributed by atoms with van der Waals surface area (Å²) in [5, 5.41) is 12.7. The fourth-order valence-corrected chi connectivity index (χ4v) is 6.39. The Morgan fingerprint density at radius 3 is 2.07 bits per heavy atom. The minimum atomic E-state index is -1.14. The summed E-state index contributed by atoms with van der Waals surface area (Å²) in [7, 11) is 0. The number of amides is 2. The molecule has 0 aliphatic carbocycles. The molecule has 0 atom stereocenters. The predicted octanol–water partition coefficient (Wildman–Crippen LogP) is 4.71. The quantitative estimate of drug-likeness (QED) is 0.278. The molecule has 216 valence electrons. The topological polar surface area (TPSA) is 112 Å². The number of ether oxygens (including phenoxy) is 1. The highest BCUT2D eigenvalue weighted by molar-refractivity contribution is 7.17. The second-order valence-corrected chi connectivity index (χ2v) is 11.2. The maximum absolute atomic E-state index is 12.9. The third-order valence-corrected chi connectivity index (χ3v) is 8.26. The Hall–Kier alpha value is -4.38. The maximum atomic E-state index is 12.9. The first-order valence-corrected chi connectivity index (χ1v) is 14.5. The molecule has 1 fully saturated rings. The minimum absolute atomic E-state index is 0.0234. The van der Waals surface area contributed by atoms with Crippen molar-refractivity contribution < 1.29 is 24.2 Å². The van der Waals surface area contributed by atoms with Gasteiger partial charge in [-0.2, -0.15) is 0 Å². The Morgan fingerprint density at radius 1 is 0.905 bits per heavy atom. The van der Waals surface area contributed by atoms with Crippen molar-refractivity contribution in [3.63, 3.8) is 0 Å². The zero-order valence-electron chi connectivity index (χ0n) is 23.2. The number of thiophene rings is 1. The molecular formula is C32H32N4O5S. The number of nitrogens with one attached hydrogen (secondary N) is 1. The van der Waals surface area contributed by atoms with Gasteiger partial charge in [-0.3, -0.25) is 19.5 Å². The minimum Gasteiger partial charge on any atom is -0.478 e. The first kappa shape index (κ1) is 29.1. The van der Waals surface area contributed by atoms with E-state index in [9.17, 15) is 19.5 Å². The second-order valence-electron chi connectivity index (χ2n) is 9.96. The number of benzene rings is 2. The highest BCUT2D eigenvalue weighted by atomic mass is 32.1. The van der Waals surface area contributed by atoms with Crippen molar-refractivity contribution in [2.75, 3.05) is 44.7 Å². The van der Waals surface area contributed by atoms with Gasteiger partial charge in [0.25, 0.3) is 5.91 Å². The lowest BCUT2D eigenvalue weighted by molar-refractivity contribution is -0.139. The Morgan fingerprint density at radius 2 is 1.50 bits per heavy atom. The summed E-state index contributed by atoms with van der Waals surface area (Å²) in [4.78, 5) is 46.4. The van der Waals surface area contributed by atoms with E-state index in [0.717, 1.165) is 4.88 Å². The number of hydrogen-bond donors (Lipinski definition) is 2. The Labute approximate surface area is 248 Å². The van der Waals surface area contributed by atoms with Crippen LogP contribution >= 0.6 is 11.3 Å². The molecule has 2 aromatic heterocycles. The summed E-state index contributed by atoms with van der Waals surface area (Å²) in [5.41, 5.74) is 3.69. The summed E-state index contributed by atoms with van der Waals surface area (Å²) in [6, 6.07) is 24.3. The molecule has 42 heavy (non-hydrogen) atoms. The van der Waals surface area contributed by atoms with E-state index in [1.54, 1.807) is 36.4 Å². The molecular weight excluding hydrogens is 552 g/mol. The van der Waals surface area contributed by atoms with Crippen molar-refractivity contribution in [1.82, 2.24) is 14.8 Å². The van der Waals surface area contributed by atoms with Gasteiger partial charge in [-0.1, -0.05) is 60.7 Å². The number of carbonyl (C=O) groups excluding carboxylic acids is 2. The first-order chi connectivity index (χ1) is 20.4. The van der Waals surface area contributed by atoms with Gasteiger partial charge < -0.3 is 20.1 Å². The van der Waals surface area contributed by atoms with Crippen LogP contribution < -0.4 is 5.32 Å². The zero-order chi connectivity index (χ0) is 29.5. The van der Waals surface area contributed by atoms with Crippen LogP contribution in [0.5, 0.6) is 0 Å². The first-order valence-electron chi connectivity index (χ1n) is 13.7. The lowest BCUT2D eigenvalue weighted by atomic mass is 9.96. The molecule has 4 aromatic rings. The van der Waals surface area contributed by atoms with Crippen molar-refractivity contribution >= 4 is 34.1 Å². The van der Waals surface area contributed by atoms with Gasteiger partial charge >= 0.3 is 5.97 Å². The molecule has 2 N–H and O–H groups in total. The number of aryl methyl sites for hydroxylation is 1. The van der Waals surface area contributed by atoms with Crippen LogP contribution in [-0.4, -0.2) is 77.1 Å². The number of hydrogen-bond acceptors (Lipinski definition) is 7. The summed E-state index contributed by atoms with van der Waals surface area (Å²) in [5.74, 6) is -1.85. The van der Waals surface area contributed by atoms with E-state index < -0.39 is 11.9 Å². The van der Waals surface area contributed by atoms with Gasteiger partial charge in [-0.15, -0.1) is 11.3 Å². The van der Waals surface area contributed by atoms with Gasteiger partial charge in [-0.05, 0) is 35.7 Å². The van der Waals surface area contributed by atoms with Crippen LogP contribution in [0.3, 0.4) is 0 Å². The van der Waals surface area contributed by atoms with E-state index in [-0.39, 0.29) is 35.7 Å². The van der Waals surface area contributed by atoms with Crippen LogP contribution in [0.25, 0.3) is 11.1 Å². The maximum Gasteiger partial charge on any atom is 0.339 e. The molecule has 0 saturated carbocycles. The van der Waals surface area contributed by atoms with Gasteiger partial charge in [0.15, 0.2) is 0 Å². The summed E-state index contributed by atoms with van der Waals surface area (Å²) < 4.78 is 5.45.